The highest BCUT2D eigenvalue weighted by Crippen LogP contribution is 2.30. The van der Waals surface area contributed by atoms with Crippen LogP contribution < -0.4 is 16.4 Å². The van der Waals surface area contributed by atoms with Gasteiger partial charge in [0.1, 0.15) is 0 Å². The molecule has 1 amide bonds. The van der Waals surface area contributed by atoms with Gasteiger partial charge in [0.25, 0.3) is 5.91 Å². The Bertz CT molecular complexity index is 479. The van der Waals surface area contributed by atoms with Crippen LogP contribution in [0, 0.1) is 5.92 Å². The normalized spacial score (nSPS) is 21.8. The molecule has 0 heterocycles. The van der Waals surface area contributed by atoms with E-state index in [1.165, 1.54) is 32.1 Å². The van der Waals surface area contributed by atoms with Crippen molar-refractivity contribution >= 4 is 17.3 Å². The quantitative estimate of drug-likeness (QED) is 0.728. The number of carbonyl (C=O) groups is 1. The van der Waals surface area contributed by atoms with Crippen LogP contribution in [-0.4, -0.2) is 18.5 Å². The summed E-state index contributed by atoms with van der Waals surface area (Å²) in [6.45, 7) is 4.81. The predicted molar refractivity (Wildman–Crippen MR) is 88.5 cm³/mol. The number of amides is 1. The van der Waals surface area contributed by atoms with Crippen molar-refractivity contribution in [3.63, 3.8) is 0 Å². The number of benzene rings is 1. The zero-order valence-electron chi connectivity index (χ0n) is 13.1. The van der Waals surface area contributed by atoms with Crippen LogP contribution in [0.3, 0.4) is 0 Å². The molecule has 1 saturated carbocycles. The van der Waals surface area contributed by atoms with E-state index >= 15 is 0 Å². The maximum atomic E-state index is 11.8. The van der Waals surface area contributed by atoms with Gasteiger partial charge in [0.15, 0.2) is 0 Å². The van der Waals surface area contributed by atoms with Gasteiger partial charge in [-0.05, 0) is 56.7 Å². The predicted octanol–water partition coefficient (Wildman–Crippen LogP) is 3.40. The molecule has 0 unspecified atom stereocenters. The summed E-state index contributed by atoms with van der Waals surface area (Å²) < 4.78 is 0. The molecule has 21 heavy (non-hydrogen) atoms. The Labute approximate surface area is 127 Å². The van der Waals surface area contributed by atoms with E-state index in [0.717, 1.165) is 11.6 Å². The average Bonchev–Trinajstić information content (AvgIpc) is 2.50. The maximum absolute atomic E-state index is 11.8. The van der Waals surface area contributed by atoms with E-state index in [9.17, 15) is 4.79 Å². The van der Waals surface area contributed by atoms with Gasteiger partial charge in [0, 0.05) is 18.2 Å². The molecule has 1 aliphatic rings. The Morgan fingerprint density at radius 3 is 2.52 bits per heavy atom. The molecule has 0 radical (unpaired) electrons. The summed E-state index contributed by atoms with van der Waals surface area (Å²) in [6.07, 6.45) is 6.29. The number of hydrogen-bond donors (Lipinski definition) is 3. The van der Waals surface area contributed by atoms with Crippen LogP contribution in [0.5, 0.6) is 0 Å². The minimum absolute atomic E-state index is 0.0702. The summed E-state index contributed by atoms with van der Waals surface area (Å²) in [5, 5.41) is 6.32. The number of carbonyl (C=O) groups excluding carboxylic acids is 1. The van der Waals surface area contributed by atoms with Crippen molar-refractivity contribution in [2.24, 2.45) is 5.92 Å². The Morgan fingerprint density at radius 1 is 1.24 bits per heavy atom. The Balaban J connectivity index is 1.97. The molecule has 1 fully saturated rings. The third kappa shape index (κ3) is 4.13. The van der Waals surface area contributed by atoms with Gasteiger partial charge >= 0.3 is 0 Å². The van der Waals surface area contributed by atoms with Crippen LogP contribution in [-0.2, 0) is 0 Å². The third-order valence-corrected chi connectivity index (χ3v) is 4.43. The molecule has 0 aliphatic heterocycles. The van der Waals surface area contributed by atoms with Gasteiger partial charge in [0.05, 0.1) is 11.4 Å². The van der Waals surface area contributed by atoms with Gasteiger partial charge in [-0.3, -0.25) is 4.79 Å². The van der Waals surface area contributed by atoms with E-state index in [0.29, 0.717) is 23.8 Å². The van der Waals surface area contributed by atoms with Crippen LogP contribution >= 0.6 is 0 Å². The SMILES string of the molecule is CCNC(=O)c1ccc(NC2CCC(CC)CC2)c(N)c1. The van der Waals surface area contributed by atoms with E-state index in [-0.39, 0.29) is 5.91 Å². The number of hydrogen-bond acceptors (Lipinski definition) is 3. The highest BCUT2D eigenvalue weighted by molar-refractivity contribution is 5.96. The molecule has 116 valence electrons. The van der Waals surface area contributed by atoms with Crippen molar-refractivity contribution in [2.75, 3.05) is 17.6 Å². The number of nitrogens with two attached hydrogens (primary N) is 1. The summed E-state index contributed by atoms with van der Waals surface area (Å²) in [5.41, 5.74) is 8.30. The van der Waals surface area contributed by atoms with Crippen LogP contribution in [0.15, 0.2) is 18.2 Å². The van der Waals surface area contributed by atoms with E-state index in [1.54, 1.807) is 6.07 Å². The smallest absolute Gasteiger partial charge is 0.251 e. The zero-order valence-corrected chi connectivity index (χ0v) is 13.1. The molecule has 0 spiro atoms. The first-order valence-electron chi connectivity index (χ1n) is 8.08. The van der Waals surface area contributed by atoms with E-state index in [1.807, 2.05) is 19.1 Å². The highest BCUT2D eigenvalue weighted by atomic mass is 16.1. The van der Waals surface area contributed by atoms with E-state index in [2.05, 4.69) is 17.6 Å². The summed E-state index contributed by atoms with van der Waals surface area (Å²) in [6, 6.07) is 6.02. The lowest BCUT2D eigenvalue weighted by atomic mass is 9.84. The molecule has 1 aliphatic carbocycles. The number of rotatable bonds is 5. The Morgan fingerprint density at radius 2 is 1.95 bits per heavy atom. The molecule has 0 saturated heterocycles. The fourth-order valence-electron chi connectivity index (χ4n) is 3.03. The van der Waals surface area contributed by atoms with Gasteiger partial charge in [-0.15, -0.1) is 0 Å². The molecule has 4 N–H and O–H groups in total. The van der Waals surface area contributed by atoms with E-state index in [4.69, 9.17) is 5.73 Å². The Hall–Kier alpha value is -1.71. The van der Waals surface area contributed by atoms with Gasteiger partial charge in [-0.2, -0.15) is 0 Å². The molecule has 1 aromatic carbocycles. The summed E-state index contributed by atoms with van der Waals surface area (Å²) in [4.78, 5) is 11.8. The lowest BCUT2D eigenvalue weighted by molar-refractivity contribution is 0.0956. The first kappa shape index (κ1) is 15.7. The van der Waals surface area contributed by atoms with Crippen molar-refractivity contribution in [3.8, 4) is 0 Å². The van der Waals surface area contributed by atoms with Gasteiger partial charge in [-0.1, -0.05) is 13.3 Å². The zero-order chi connectivity index (χ0) is 15.2. The minimum Gasteiger partial charge on any atom is -0.397 e. The number of anilines is 2. The second-order valence-electron chi connectivity index (χ2n) is 5.93. The molecule has 4 nitrogen and oxygen atoms in total. The molecule has 4 heteroatoms. The minimum atomic E-state index is -0.0702. The van der Waals surface area contributed by atoms with Crippen molar-refractivity contribution in [1.82, 2.24) is 5.32 Å². The fourth-order valence-corrected chi connectivity index (χ4v) is 3.03. The molecular formula is C17H27N3O. The van der Waals surface area contributed by atoms with Crippen LogP contribution in [0.25, 0.3) is 0 Å². The first-order chi connectivity index (χ1) is 10.1. The van der Waals surface area contributed by atoms with Crippen molar-refractivity contribution in [2.45, 2.75) is 52.0 Å². The second kappa shape index (κ2) is 7.34. The van der Waals surface area contributed by atoms with Crippen LogP contribution in [0.4, 0.5) is 11.4 Å². The lowest BCUT2D eigenvalue weighted by Crippen LogP contribution is -2.26. The van der Waals surface area contributed by atoms with Crippen molar-refractivity contribution in [3.05, 3.63) is 23.8 Å². The van der Waals surface area contributed by atoms with Crippen molar-refractivity contribution < 1.29 is 4.79 Å². The molecule has 2 rings (SSSR count). The molecule has 0 aromatic heterocycles. The lowest BCUT2D eigenvalue weighted by Gasteiger charge is -2.29. The van der Waals surface area contributed by atoms with Crippen LogP contribution in [0.1, 0.15) is 56.3 Å². The number of nitrogen functional groups attached to an aromatic ring is 1. The summed E-state index contributed by atoms with van der Waals surface area (Å²) >= 11 is 0. The maximum Gasteiger partial charge on any atom is 0.251 e. The fraction of sp³-hybridized carbons (Fsp3) is 0.588. The van der Waals surface area contributed by atoms with E-state index < -0.39 is 0 Å². The largest absolute Gasteiger partial charge is 0.397 e. The summed E-state index contributed by atoms with van der Waals surface area (Å²) in [5.74, 6) is 0.819. The van der Waals surface area contributed by atoms with Gasteiger partial charge in [0.2, 0.25) is 0 Å². The van der Waals surface area contributed by atoms with Crippen molar-refractivity contribution in [1.29, 1.82) is 0 Å². The molecular weight excluding hydrogens is 262 g/mol. The Kier molecular flexibility index (Phi) is 5.48. The molecule has 0 bridgehead atoms. The topological polar surface area (TPSA) is 67.2 Å². The summed E-state index contributed by atoms with van der Waals surface area (Å²) in [7, 11) is 0. The standard InChI is InChI=1S/C17H27N3O/c1-3-12-5-8-14(9-6-12)20-16-10-7-13(11-15(16)18)17(21)19-4-2/h7,10-12,14,20H,3-6,8-9,18H2,1-2H3,(H,19,21). The van der Waals surface area contributed by atoms with Crippen LogP contribution in [0.2, 0.25) is 0 Å². The average molecular weight is 289 g/mol. The van der Waals surface area contributed by atoms with Gasteiger partial charge < -0.3 is 16.4 Å². The first-order valence-corrected chi connectivity index (χ1v) is 8.08. The third-order valence-electron chi connectivity index (χ3n) is 4.43. The number of nitrogens with one attached hydrogen (secondary N) is 2. The second-order valence-corrected chi connectivity index (χ2v) is 5.93. The highest BCUT2D eigenvalue weighted by Gasteiger charge is 2.20. The van der Waals surface area contributed by atoms with Gasteiger partial charge in [-0.25, -0.2) is 0 Å². The molecule has 0 atom stereocenters. The monoisotopic (exact) mass is 289 g/mol. The molecule has 1 aromatic rings.